The Labute approximate surface area is 198 Å². The molecule has 0 aliphatic heterocycles. The molecule has 0 unspecified atom stereocenters. The zero-order valence-corrected chi connectivity index (χ0v) is 19.1. The zero-order chi connectivity index (χ0) is 25.3. The first kappa shape index (κ1) is 25.3. The van der Waals surface area contributed by atoms with Gasteiger partial charge in [0.25, 0.3) is 0 Å². The van der Waals surface area contributed by atoms with E-state index in [0.29, 0.717) is 17.5 Å². The number of benzene rings is 3. The number of halogens is 7. The lowest BCUT2D eigenvalue weighted by Gasteiger charge is -2.29. The van der Waals surface area contributed by atoms with Gasteiger partial charge in [-0.15, -0.1) is 13.2 Å². The monoisotopic (exact) mass is 498 g/mol. The predicted octanol–water partition coefficient (Wildman–Crippen LogP) is 9.43. The Morgan fingerprint density at radius 3 is 2.11 bits per heavy atom. The van der Waals surface area contributed by atoms with Gasteiger partial charge in [0.2, 0.25) is 5.75 Å². The molecule has 1 aliphatic rings. The van der Waals surface area contributed by atoms with Gasteiger partial charge in [0.15, 0.2) is 11.6 Å². The summed E-state index contributed by atoms with van der Waals surface area (Å²) in [5.41, 5.74) is 0.249. The van der Waals surface area contributed by atoms with Gasteiger partial charge < -0.3 is 4.74 Å². The van der Waals surface area contributed by atoms with E-state index in [4.69, 9.17) is 0 Å². The van der Waals surface area contributed by atoms with Crippen LogP contribution in [0.4, 0.5) is 30.7 Å². The van der Waals surface area contributed by atoms with Gasteiger partial charge in [0.05, 0.1) is 5.56 Å². The molecule has 0 spiro atoms. The van der Waals surface area contributed by atoms with Gasteiger partial charge in [-0.2, -0.15) is 0 Å². The van der Waals surface area contributed by atoms with E-state index in [0.717, 1.165) is 44.2 Å². The number of alkyl halides is 3. The second-order valence-corrected chi connectivity index (χ2v) is 9.20. The minimum Gasteiger partial charge on any atom is -0.399 e. The second kappa shape index (κ2) is 10.1. The molecule has 0 bridgehead atoms. The van der Waals surface area contributed by atoms with Crippen molar-refractivity contribution in [2.45, 2.75) is 64.1 Å². The van der Waals surface area contributed by atoms with Crippen molar-refractivity contribution in [3.05, 3.63) is 65.2 Å². The number of rotatable bonds is 6. The molecule has 1 fully saturated rings. The van der Waals surface area contributed by atoms with Crippen LogP contribution in [-0.4, -0.2) is 6.36 Å². The van der Waals surface area contributed by atoms with E-state index in [9.17, 15) is 22.0 Å². The molecule has 0 atom stereocenters. The van der Waals surface area contributed by atoms with Crippen LogP contribution in [0.3, 0.4) is 0 Å². The van der Waals surface area contributed by atoms with E-state index in [1.54, 1.807) is 0 Å². The Bertz CT molecular complexity index is 1190. The van der Waals surface area contributed by atoms with Crippen LogP contribution in [-0.2, 0) is 0 Å². The largest absolute Gasteiger partial charge is 0.573 e. The Hall–Kier alpha value is -2.77. The maximum atomic E-state index is 15.1. The van der Waals surface area contributed by atoms with Crippen LogP contribution in [0.25, 0.3) is 21.9 Å². The van der Waals surface area contributed by atoms with Gasteiger partial charge in [0.1, 0.15) is 11.6 Å². The average molecular weight is 498 g/mol. The van der Waals surface area contributed by atoms with Gasteiger partial charge in [-0.05, 0) is 78.3 Å². The van der Waals surface area contributed by atoms with Crippen LogP contribution in [0.1, 0.15) is 63.4 Å². The molecular formula is C27H25F7O. The summed E-state index contributed by atoms with van der Waals surface area (Å²) in [4.78, 5) is 0. The summed E-state index contributed by atoms with van der Waals surface area (Å²) in [6.45, 7) is 2.15. The normalized spacial score (nSPS) is 18.7. The van der Waals surface area contributed by atoms with Gasteiger partial charge in [-0.3, -0.25) is 0 Å². The van der Waals surface area contributed by atoms with Crippen LogP contribution in [0, 0.1) is 29.2 Å². The molecule has 3 aromatic rings. The van der Waals surface area contributed by atoms with Crippen molar-refractivity contribution in [1.29, 1.82) is 0 Å². The molecule has 0 radical (unpaired) electrons. The van der Waals surface area contributed by atoms with E-state index in [1.807, 2.05) is 0 Å². The number of fused-ring (bicyclic) bond motifs is 1. The third-order valence-corrected chi connectivity index (χ3v) is 6.84. The highest BCUT2D eigenvalue weighted by atomic mass is 19.4. The third kappa shape index (κ3) is 5.57. The van der Waals surface area contributed by atoms with Crippen molar-refractivity contribution in [2.75, 3.05) is 0 Å². The fourth-order valence-corrected chi connectivity index (χ4v) is 5.06. The van der Waals surface area contributed by atoms with E-state index in [1.165, 1.54) is 31.0 Å². The molecule has 1 aliphatic carbocycles. The summed E-state index contributed by atoms with van der Waals surface area (Å²) in [7, 11) is 0. The predicted molar refractivity (Wildman–Crippen MR) is 120 cm³/mol. The van der Waals surface area contributed by atoms with E-state index in [2.05, 4.69) is 11.7 Å². The average Bonchev–Trinajstić information content (AvgIpc) is 2.79. The van der Waals surface area contributed by atoms with Crippen LogP contribution < -0.4 is 4.74 Å². The molecule has 8 heteroatoms. The first-order chi connectivity index (χ1) is 16.6. The summed E-state index contributed by atoms with van der Waals surface area (Å²) >= 11 is 0. The maximum Gasteiger partial charge on any atom is 0.573 e. The molecule has 0 heterocycles. The van der Waals surface area contributed by atoms with Crippen LogP contribution in [0.15, 0.2) is 36.4 Å². The zero-order valence-electron chi connectivity index (χ0n) is 19.1. The number of unbranched alkanes of at least 4 members (excludes halogenated alkanes) is 1. The van der Waals surface area contributed by atoms with Gasteiger partial charge in [0, 0.05) is 5.39 Å². The summed E-state index contributed by atoms with van der Waals surface area (Å²) < 4.78 is 99.6. The van der Waals surface area contributed by atoms with Crippen LogP contribution >= 0.6 is 0 Å². The van der Waals surface area contributed by atoms with Crippen molar-refractivity contribution in [2.24, 2.45) is 5.92 Å². The Morgan fingerprint density at radius 1 is 0.857 bits per heavy atom. The fourth-order valence-electron chi connectivity index (χ4n) is 5.06. The lowest BCUT2D eigenvalue weighted by molar-refractivity contribution is -0.276. The summed E-state index contributed by atoms with van der Waals surface area (Å²) in [6.07, 6.45) is 2.01. The first-order valence-corrected chi connectivity index (χ1v) is 11.7. The highest BCUT2D eigenvalue weighted by Gasteiger charge is 2.34. The molecular weight excluding hydrogens is 473 g/mol. The van der Waals surface area contributed by atoms with E-state index in [-0.39, 0.29) is 27.8 Å². The van der Waals surface area contributed by atoms with Crippen molar-refractivity contribution in [3.8, 4) is 16.9 Å². The Kier molecular flexibility index (Phi) is 7.29. The lowest BCUT2D eigenvalue weighted by Crippen LogP contribution is -2.19. The van der Waals surface area contributed by atoms with Gasteiger partial charge >= 0.3 is 6.36 Å². The first-order valence-electron chi connectivity index (χ1n) is 11.7. The topological polar surface area (TPSA) is 9.23 Å². The number of hydrogen-bond acceptors (Lipinski definition) is 1. The smallest absolute Gasteiger partial charge is 0.399 e. The fraction of sp³-hybridized carbons (Fsp3) is 0.407. The van der Waals surface area contributed by atoms with E-state index < -0.39 is 35.4 Å². The summed E-state index contributed by atoms with van der Waals surface area (Å²) in [6, 6.07) is 6.62. The van der Waals surface area contributed by atoms with E-state index >= 15 is 8.78 Å². The quantitative estimate of drug-likeness (QED) is 0.308. The standard InChI is InChI=1S/C27H25F7O/c1-2-3-4-15-5-7-16(8-6-15)18-12-21(28)24(22(29)13-18)17-9-10-20-19(11-17)14-23(30)26(25(20)31)35-27(32,33)34/h9-16H,2-8H2,1H3/t15-,16-. The van der Waals surface area contributed by atoms with Crippen molar-refractivity contribution in [1.82, 2.24) is 0 Å². The molecule has 35 heavy (non-hydrogen) atoms. The number of ether oxygens (including phenoxy) is 1. The minimum absolute atomic E-state index is 0.0191. The van der Waals surface area contributed by atoms with Crippen LogP contribution in [0.5, 0.6) is 5.75 Å². The van der Waals surface area contributed by atoms with Gasteiger partial charge in [-0.25, -0.2) is 17.6 Å². The molecule has 0 amide bonds. The molecule has 0 N–H and O–H groups in total. The molecule has 0 saturated heterocycles. The second-order valence-electron chi connectivity index (χ2n) is 9.20. The molecule has 1 saturated carbocycles. The molecule has 3 aromatic carbocycles. The molecule has 4 rings (SSSR count). The maximum absolute atomic E-state index is 15.1. The SMILES string of the molecule is CCCC[C@H]1CC[C@H](c2cc(F)c(-c3ccc4c(F)c(OC(F)(F)F)c(F)cc4c3)c(F)c2)CC1. The van der Waals surface area contributed by atoms with Crippen LogP contribution in [0.2, 0.25) is 0 Å². The third-order valence-electron chi connectivity index (χ3n) is 6.84. The Morgan fingerprint density at radius 2 is 1.51 bits per heavy atom. The Balaban J connectivity index is 1.62. The number of hydrogen-bond donors (Lipinski definition) is 0. The summed E-state index contributed by atoms with van der Waals surface area (Å²) in [5, 5.41) is -0.521. The highest BCUT2D eigenvalue weighted by molar-refractivity contribution is 5.89. The van der Waals surface area contributed by atoms with Crippen molar-refractivity contribution in [3.63, 3.8) is 0 Å². The highest BCUT2D eigenvalue weighted by Crippen LogP contribution is 2.40. The molecule has 1 nitrogen and oxygen atoms in total. The lowest BCUT2D eigenvalue weighted by atomic mass is 9.77. The molecule has 0 aromatic heterocycles. The van der Waals surface area contributed by atoms with Gasteiger partial charge in [-0.1, -0.05) is 38.3 Å². The van der Waals surface area contributed by atoms with Crippen molar-refractivity contribution < 1.29 is 35.5 Å². The summed E-state index contributed by atoms with van der Waals surface area (Å²) in [5.74, 6) is -5.58. The van der Waals surface area contributed by atoms with Crippen molar-refractivity contribution >= 4 is 10.8 Å². The minimum atomic E-state index is -5.28. The molecule has 188 valence electrons.